The summed E-state index contributed by atoms with van der Waals surface area (Å²) >= 11 is 0. The van der Waals surface area contributed by atoms with Crippen LogP contribution >= 0.6 is 0 Å². The molecule has 0 bridgehead atoms. The first kappa shape index (κ1) is 20.5. The number of hydrogen-bond acceptors (Lipinski definition) is 1. The van der Waals surface area contributed by atoms with Gasteiger partial charge in [-0.15, -0.1) is 0 Å². The standard InChI is InChI=1S/C34H29N/c1-33(2)29-12-8-7-11-25(29)26-17-14-22(19-30(26)33)35-23-15-18-27-28-16-13-21-9-5-6-10-24(21)32(28)34(3,4)31(27)20-23/h5-20,35H,1-4H3. The quantitative estimate of drug-likeness (QED) is 0.282. The highest BCUT2D eigenvalue weighted by atomic mass is 14.9. The van der Waals surface area contributed by atoms with Gasteiger partial charge >= 0.3 is 0 Å². The van der Waals surface area contributed by atoms with E-state index in [1.807, 2.05) is 0 Å². The van der Waals surface area contributed by atoms with Crippen LogP contribution in [0.1, 0.15) is 49.9 Å². The van der Waals surface area contributed by atoms with Crippen LogP contribution in [0.2, 0.25) is 0 Å². The van der Waals surface area contributed by atoms with E-state index in [0.717, 1.165) is 11.4 Å². The van der Waals surface area contributed by atoms with Gasteiger partial charge in [-0.3, -0.25) is 0 Å². The molecule has 5 aromatic carbocycles. The maximum Gasteiger partial charge on any atom is 0.0387 e. The van der Waals surface area contributed by atoms with Gasteiger partial charge in [0, 0.05) is 22.2 Å². The van der Waals surface area contributed by atoms with Crippen molar-refractivity contribution in [3.63, 3.8) is 0 Å². The second-order valence-electron chi connectivity index (χ2n) is 11.2. The van der Waals surface area contributed by atoms with Crippen molar-refractivity contribution in [1.82, 2.24) is 0 Å². The van der Waals surface area contributed by atoms with E-state index >= 15 is 0 Å². The van der Waals surface area contributed by atoms with Crippen molar-refractivity contribution in [2.24, 2.45) is 0 Å². The molecule has 1 N–H and O–H groups in total. The fourth-order valence-corrected chi connectivity index (χ4v) is 6.63. The second-order valence-corrected chi connectivity index (χ2v) is 11.2. The Bertz CT molecular complexity index is 1670. The maximum atomic E-state index is 3.73. The lowest BCUT2D eigenvalue weighted by molar-refractivity contribution is 0.660. The number of fused-ring (bicyclic) bond motifs is 8. The van der Waals surface area contributed by atoms with Gasteiger partial charge in [-0.25, -0.2) is 0 Å². The molecule has 0 saturated heterocycles. The zero-order valence-electron chi connectivity index (χ0n) is 20.7. The minimum Gasteiger partial charge on any atom is -0.356 e. The van der Waals surface area contributed by atoms with E-state index in [9.17, 15) is 0 Å². The van der Waals surface area contributed by atoms with Crippen LogP contribution in [0.4, 0.5) is 11.4 Å². The zero-order valence-corrected chi connectivity index (χ0v) is 20.7. The molecule has 0 spiro atoms. The topological polar surface area (TPSA) is 12.0 Å². The molecule has 1 heteroatoms. The molecule has 0 unspecified atom stereocenters. The average molecular weight is 452 g/mol. The highest BCUT2D eigenvalue weighted by molar-refractivity contribution is 5.97. The molecular weight excluding hydrogens is 422 g/mol. The van der Waals surface area contributed by atoms with Gasteiger partial charge in [-0.2, -0.15) is 0 Å². The Labute approximate surface area is 207 Å². The molecule has 0 aliphatic heterocycles. The predicted octanol–water partition coefficient (Wildman–Crippen LogP) is 9.20. The van der Waals surface area contributed by atoms with Gasteiger partial charge in [-0.05, 0) is 79.5 Å². The summed E-state index contributed by atoms with van der Waals surface area (Å²) in [6, 6.07) is 35.9. The van der Waals surface area contributed by atoms with Crippen molar-refractivity contribution < 1.29 is 0 Å². The van der Waals surface area contributed by atoms with Gasteiger partial charge in [0.15, 0.2) is 0 Å². The van der Waals surface area contributed by atoms with Crippen molar-refractivity contribution in [3.8, 4) is 22.3 Å². The van der Waals surface area contributed by atoms with Crippen LogP contribution in [-0.4, -0.2) is 0 Å². The molecule has 0 aromatic heterocycles. The monoisotopic (exact) mass is 451 g/mol. The minimum absolute atomic E-state index is 0.00619. The number of rotatable bonds is 2. The molecule has 0 radical (unpaired) electrons. The smallest absolute Gasteiger partial charge is 0.0387 e. The van der Waals surface area contributed by atoms with Crippen molar-refractivity contribution in [2.45, 2.75) is 38.5 Å². The Balaban J connectivity index is 1.29. The third-order valence-electron chi connectivity index (χ3n) is 8.41. The van der Waals surface area contributed by atoms with Crippen LogP contribution < -0.4 is 5.32 Å². The number of anilines is 2. The zero-order chi connectivity index (χ0) is 23.9. The Morgan fingerprint density at radius 2 is 1.06 bits per heavy atom. The maximum absolute atomic E-state index is 3.73. The van der Waals surface area contributed by atoms with Gasteiger partial charge in [-0.1, -0.05) is 100 Å². The third-order valence-corrected chi connectivity index (χ3v) is 8.41. The normalized spacial score (nSPS) is 15.9. The van der Waals surface area contributed by atoms with Crippen LogP contribution in [0, 0.1) is 0 Å². The van der Waals surface area contributed by atoms with E-state index in [4.69, 9.17) is 0 Å². The molecular formula is C34H29N. The van der Waals surface area contributed by atoms with Crippen molar-refractivity contribution in [1.29, 1.82) is 0 Å². The number of benzene rings is 5. The minimum atomic E-state index is -0.0508. The molecule has 1 nitrogen and oxygen atoms in total. The van der Waals surface area contributed by atoms with Crippen LogP contribution in [0.15, 0.2) is 97.1 Å². The molecule has 0 amide bonds. The van der Waals surface area contributed by atoms with Crippen LogP contribution in [0.3, 0.4) is 0 Å². The molecule has 170 valence electrons. The van der Waals surface area contributed by atoms with Crippen LogP contribution in [-0.2, 0) is 10.8 Å². The van der Waals surface area contributed by atoms with Crippen molar-refractivity contribution >= 4 is 22.1 Å². The summed E-state index contributed by atoms with van der Waals surface area (Å²) in [5.41, 5.74) is 13.3. The second kappa shape index (κ2) is 6.86. The average Bonchev–Trinajstić information content (AvgIpc) is 3.24. The van der Waals surface area contributed by atoms with Crippen molar-refractivity contribution in [2.75, 3.05) is 5.32 Å². The molecule has 0 heterocycles. The summed E-state index contributed by atoms with van der Waals surface area (Å²) in [6.45, 7) is 9.40. The number of nitrogens with one attached hydrogen (secondary N) is 1. The molecule has 0 fully saturated rings. The molecule has 2 aliphatic carbocycles. The molecule has 0 atom stereocenters. The Hall–Kier alpha value is -3.84. The van der Waals surface area contributed by atoms with E-state index in [1.165, 1.54) is 55.3 Å². The fraction of sp³-hybridized carbons (Fsp3) is 0.176. The van der Waals surface area contributed by atoms with Gasteiger partial charge < -0.3 is 5.32 Å². The predicted molar refractivity (Wildman–Crippen MR) is 149 cm³/mol. The fourth-order valence-electron chi connectivity index (χ4n) is 6.63. The Morgan fingerprint density at radius 3 is 1.83 bits per heavy atom. The van der Waals surface area contributed by atoms with Crippen LogP contribution in [0.25, 0.3) is 33.0 Å². The van der Waals surface area contributed by atoms with E-state index in [-0.39, 0.29) is 10.8 Å². The van der Waals surface area contributed by atoms with Gasteiger partial charge in [0.25, 0.3) is 0 Å². The molecule has 7 rings (SSSR count). The highest BCUT2D eigenvalue weighted by Gasteiger charge is 2.37. The Morgan fingerprint density at radius 1 is 0.486 bits per heavy atom. The molecule has 2 aliphatic rings. The lowest BCUT2D eigenvalue weighted by Crippen LogP contribution is -2.16. The lowest BCUT2D eigenvalue weighted by atomic mass is 9.80. The molecule has 0 saturated carbocycles. The highest BCUT2D eigenvalue weighted by Crippen LogP contribution is 2.52. The van der Waals surface area contributed by atoms with Crippen LogP contribution in [0.5, 0.6) is 0 Å². The summed E-state index contributed by atoms with van der Waals surface area (Å²) in [5.74, 6) is 0. The Kier molecular flexibility index (Phi) is 4.02. The summed E-state index contributed by atoms with van der Waals surface area (Å²) < 4.78 is 0. The van der Waals surface area contributed by atoms with E-state index in [1.54, 1.807) is 0 Å². The first-order chi connectivity index (χ1) is 16.9. The van der Waals surface area contributed by atoms with Gasteiger partial charge in [0.1, 0.15) is 0 Å². The summed E-state index contributed by atoms with van der Waals surface area (Å²) in [5, 5.41) is 6.40. The van der Waals surface area contributed by atoms with E-state index in [2.05, 4.69) is 130 Å². The summed E-state index contributed by atoms with van der Waals surface area (Å²) in [4.78, 5) is 0. The first-order valence-electron chi connectivity index (χ1n) is 12.5. The van der Waals surface area contributed by atoms with Crippen molar-refractivity contribution in [3.05, 3.63) is 119 Å². The lowest BCUT2D eigenvalue weighted by Gasteiger charge is -2.24. The molecule has 35 heavy (non-hydrogen) atoms. The number of hydrogen-bond donors (Lipinski definition) is 1. The largest absolute Gasteiger partial charge is 0.356 e. The van der Waals surface area contributed by atoms with E-state index in [0.29, 0.717) is 0 Å². The summed E-state index contributed by atoms with van der Waals surface area (Å²) in [6.07, 6.45) is 0. The van der Waals surface area contributed by atoms with Gasteiger partial charge in [0.05, 0.1) is 0 Å². The molecule has 5 aromatic rings. The van der Waals surface area contributed by atoms with E-state index < -0.39 is 0 Å². The SMILES string of the molecule is CC1(C)c2ccccc2-c2ccc(Nc3ccc4c(c3)C(C)(C)c3c-4ccc4ccccc34)cc21. The third kappa shape index (κ3) is 2.76. The first-order valence-corrected chi connectivity index (χ1v) is 12.5. The van der Waals surface area contributed by atoms with Gasteiger partial charge in [0.2, 0.25) is 0 Å². The summed E-state index contributed by atoms with van der Waals surface area (Å²) in [7, 11) is 0.